The summed E-state index contributed by atoms with van der Waals surface area (Å²) in [7, 11) is 0. The van der Waals surface area contributed by atoms with Gasteiger partial charge in [-0.25, -0.2) is 0 Å². The Bertz CT molecular complexity index is 82.3. The molecule has 0 N–H and O–H groups in total. The van der Waals surface area contributed by atoms with Crippen molar-refractivity contribution in [1.29, 1.82) is 0 Å². The second kappa shape index (κ2) is 25.5. The van der Waals surface area contributed by atoms with E-state index in [1.54, 1.807) is 22.5 Å². The van der Waals surface area contributed by atoms with E-state index in [1.807, 2.05) is 0 Å². The molecule has 0 amide bonds. The van der Waals surface area contributed by atoms with Gasteiger partial charge in [-0.1, -0.05) is 0 Å². The van der Waals surface area contributed by atoms with Gasteiger partial charge in [0.05, 0.1) is 0 Å². The van der Waals surface area contributed by atoms with Crippen molar-refractivity contribution in [2.45, 2.75) is 75.6 Å². The zero-order valence-corrected chi connectivity index (χ0v) is 15.8. The monoisotopic (exact) mass is 397 g/mol. The molecule has 4 heteroatoms. The molecule has 0 aromatic rings. The first kappa shape index (κ1) is 26.3. The summed E-state index contributed by atoms with van der Waals surface area (Å²) in [6, 6.07) is 0. The van der Waals surface area contributed by atoms with Crippen molar-refractivity contribution in [3.05, 3.63) is 0 Å². The van der Waals surface area contributed by atoms with Gasteiger partial charge in [-0.2, -0.15) is 0 Å². The molecule has 0 aromatic carbocycles. The number of rotatable bonds is 10. The number of hydrogen-bond acceptors (Lipinski definition) is 0. The van der Waals surface area contributed by atoms with Crippen molar-refractivity contribution in [2.24, 2.45) is 0 Å². The molecule has 0 aromatic heterocycles. The molecule has 3 radical (unpaired) electrons. The molecule has 0 bridgehead atoms. The van der Waals surface area contributed by atoms with Gasteiger partial charge in [0.2, 0.25) is 0 Å². The van der Waals surface area contributed by atoms with Gasteiger partial charge in [0, 0.05) is 0 Å². The van der Waals surface area contributed by atoms with E-state index < -0.39 is 0 Å². The summed E-state index contributed by atoms with van der Waals surface area (Å²) in [5, 5.41) is 0. The van der Waals surface area contributed by atoms with E-state index in [9.17, 15) is 0 Å². The minimum atomic E-state index is 0. The largest absolute Gasteiger partial charge is 0.147 e. The number of halogens is 3. The van der Waals surface area contributed by atoms with Crippen LogP contribution in [-0.2, 0) is 0 Å². The fourth-order valence-electron chi connectivity index (χ4n) is 1.61. The molecule has 16 heavy (non-hydrogen) atoms. The van der Waals surface area contributed by atoms with Crippen LogP contribution < -0.4 is 0 Å². The Labute approximate surface area is 134 Å². The quantitative estimate of drug-likeness (QED) is 0.325. The molecule has 0 fully saturated rings. The van der Waals surface area contributed by atoms with Gasteiger partial charge in [-0.15, -0.1) is 37.2 Å². The Morgan fingerprint density at radius 3 is 1.19 bits per heavy atom. The third-order valence-electron chi connectivity index (χ3n) is 2.53. The van der Waals surface area contributed by atoms with Gasteiger partial charge in [0.15, 0.2) is 0 Å². The Kier molecular flexibility index (Phi) is 41.9. The van der Waals surface area contributed by atoms with Crippen molar-refractivity contribution in [3.8, 4) is 0 Å². The van der Waals surface area contributed by atoms with Crippen LogP contribution in [-0.4, -0.2) is 22.5 Å². The van der Waals surface area contributed by atoms with Crippen LogP contribution in [0.15, 0.2) is 0 Å². The van der Waals surface area contributed by atoms with Gasteiger partial charge in [0.25, 0.3) is 0 Å². The van der Waals surface area contributed by atoms with Crippen molar-refractivity contribution in [3.63, 3.8) is 0 Å². The summed E-state index contributed by atoms with van der Waals surface area (Å²) in [5.41, 5.74) is 0. The molecule has 0 rings (SSSR count). The molecule has 0 saturated carbocycles. The smallest absolute Gasteiger partial charge is 0.147 e. The Hall–Kier alpha value is 1.67. The maximum atomic E-state index is 2.28. The molecular weight excluding hydrogens is 369 g/mol. The molecule has 0 atom stereocenters. The third kappa shape index (κ3) is 24.8. The molecule has 0 aliphatic heterocycles. The second-order valence-corrected chi connectivity index (χ2v) is 5.36. The maximum absolute atomic E-state index is 2.28. The molecule has 0 aliphatic carbocycles. The van der Waals surface area contributed by atoms with Crippen molar-refractivity contribution >= 4 is 59.7 Å². The van der Waals surface area contributed by atoms with Crippen LogP contribution in [0.5, 0.6) is 0 Å². The average molecular weight is 397 g/mol. The van der Waals surface area contributed by atoms with Crippen molar-refractivity contribution in [1.82, 2.24) is 0 Å². The molecule has 0 aliphatic rings. The summed E-state index contributed by atoms with van der Waals surface area (Å²) in [4.78, 5) is 0. The first-order valence-electron chi connectivity index (χ1n) is 6.06. The van der Waals surface area contributed by atoms with Crippen LogP contribution in [0.1, 0.15) is 71.1 Å². The van der Waals surface area contributed by atoms with E-state index in [1.165, 1.54) is 68.6 Å². The van der Waals surface area contributed by atoms with Gasteiger partial charge >= 0.3 is 98.1 Å². The Morgan fingerprint density at radius 1 is 0.562 bits per heavy atom. The number of unbranched alkanes of at least 4 members (excludes halogenated alkanes) is 9. The first-order valence-corrected chi connectivity index (χ1v) is 8.08. The van der Waals surface area contributed by atoms with E-state index in [-0.39, 0.29) is 37.2 Å². The fourth-order valence-corrected chi connectivity index (χ4v) is 2.33. The molecule has 0 nitrogen and oxygen atoms in total. The molecule has 101 valence electrons. The molecule has 0 unspecified atom stereocenters. The fraction of sp³-hybridized carbons (Fsp3) is 1.00. The van der Waals surface area contributed by atoms with E-state index in [4.69, 9.17) is 0 Å². The first-order chi connectivity index (χ1) is 6.41. The molecule has 0 spiro atoms. The predicted octanol–water partition coefficient (Wildman–Crippen LogP) is 5.76. The molecule has 0 saturated heterocycles. The zero-order chi connectivity index (χ0) is 9.78. The van der Waals surface area contributed by atoms with Crippen molar-refractivity contribution in [2.75, 3.05) is 0 Å². The van der Waals surface area contributed by atoms with E-state index in [0.717, 1.165) is 0 Å². The minimum Gasteiger partial charge on any atom is -0.147 e. The van der Waals surface area contributed by atoms with E-state index in [2.05, 4.69) is 6.92 Å². The Morgan fingerprint density at radius 2 is 0.875 bits per heavy atom. The predicted molar refractivity (Wildman–Crippen MR) is 84.1 cm³/mol. The van der Waals surface area contributed by atoms with Crippen LogP contribution in [0.4, 0.5) is 0 Å². The van der Waals surface area contributed by atoms with Gasteiger partial charge in [-0.3, -0.25) is 0 Å². The minimum absolute atomic E-state index is 0. The second-order valence-electron chi connectivity index (χ2n) is 3.93. The van der Waals surface area contributed by atoms with Crippen LogP contribution in [0.25, 0.3) is 0 Å². The average Bonchev–Trinajstić information content (AvgIpc) is 2.16. The summed E-state index contributed by atoms with van der Waals surface area (Å²) >= 11 is 1.72. The summed E-state index contributed by atoms with van der Waals surface area (Å²) < 4.78 is 1.46. The van der Waals surface area contributed by atoms with Crippen LogP contribution >= 0.6 is 37.2 Å². The zero-order valence-electron chi connectivity index (χ0n) is 10.5. The Balaban J connectivity index is -0.000000240. The van der Waals surface area contributed by atoms with E-state index >= 15 is 0 Å². The van der Waals surface area contributed by atoms with Crippen LogP contribution in [0, 0.1) is 0 Å². The summed E-state index contributed by atoms with van der Waals surface area (Å²) in [6.45, 7) is 2.28. The van der Waals surface area contributed by atoms with Gasteiger partial charge < -0.3 is 0 Å². The number of hydrogen-bond donors (Lipinski definition) is 0. The van der Waals surface area contributed by atoms with Crippen LogP contribution in [0.3, 0.4) is 0 Å². The van der Waals surface area contributed by atoms with Gasteiger partial charge in [0.1, 0.15) is 0 Å². The van der Waals surface area contributed by atoms with Gasteiger partial charge in [-0.05, 0) is 0 Å². The SMILES string of the molecule is CCCCCCCCCCC[CH2][Sn].Cl.Cl.Cl. The maximum Gasteiger partial charge on any atom is -0.147 e. The normalized spacial score (nSPS) is 8.62. The third-order valence-corrected chi connectivity index (χ3v) is 3.54. The topological polar surface area (TPSA) is 0 Å². The summed E-state index contributed by atoms with van der Waals surface area (Å²) in [6.07, 6.45) is 14.7. The standard InChI is InChI=1S/C12H25.3ClH.Sn/c1-3-5-7-9-11-12-10-8-6-4-2;;;;/h1,3-12H2,2H3;3*1H;. The summed E-state index contributed by atoms with van der Waals surface area (Å²) in [5.74, 6) is 0. The van der Waals surface area contributed by atoms with E-state index in [0.29, 0.717) is 0 Å². The van der Waals surface area contributed by atoms with Crippen LogP contribution in [0.2, 0.25) is 4.44 Å². The molecule has 0 heterocycles. The van der Waals surface area contributed by atoms with Crippen molar-refractivity contribution < 1.29 is 0 Å². The molecular formula is C12H28Cl3Sn.